The van der Waals surface area contributed by atoms with Crippen LogP contribution in [0, 0.1) is 0 Å². The minimum atomic E-state index is -3.32. The van der Waals surface area contributed by atoms with E-state index in [9.17, 15) is 22.8 Å². The number of rotatable bonds is 1. The number of piperazine rings is 1. The maximum atomic E-state index is 12.7. The van der Waals surface area contributed by atoms with E-state index in [4.69, 9.17) is 0 Å². The summed E-state index contributed by atoms with van der Waals surface area (Å²) in [5, 5.41) is 3.94. The highest BCUT2D eigenvalue weighted by molar-refractivity contribution is 7.91. The van der Waals surface area contributed by atoms with Crippen molar-refractivity contribution in [2.45, 2.75) is 19.0 Å². The lowest BCUT2D eigenvalue weighted by molar-refractivity contribution is -0.133. The minimum absolute atomic E-state index is 0.0800. The van der Waals surface area contributed by atoms with E-state index < -0.39 is 27.8 Å². The van der Waals surface area contributed by atoms with Crippen molar-refractivity contribution in [2.75, 3.05) is 24.6 Å². The number of hydrogen-bond acceptors (Lipinski definition) is 6. The lowest BCUT2D eigenvalue weighted by Gasteiger charge is -2.43. The van der Waals surface area contributed by atoms with Crippen LogP contribution in [-0.2, 0) is 21.7 Å². The maximum Gasteiger partial charge on any atom is 0.274 e. The zero-order valence-electron chi connectivity index (χ0n) is 13.4. The van der Waals surface area contributed by atoms with Gasteiger partial charge >= 0.3 is 0 Å². The largest absolute Gasteiger partial charge is 0.335 e. The molecule has 0 N–H and O–H groups in total. The van der Waals surface area contributed by atoms with Gasteiger partial charge in [0.05, 0.1) is 23.6 Å². The van der Waals surface area contributed by atoms with Crippen LogP contribution in [0.4, 0.5) is 0 Å². The SMILES string of the molecule is CC(=O)N1CCN(C(=O)c2ccc(=O)n(C)n2)[C@H]2CS(=O)(=O)C[C@H]21. The monoisotopic (exact) mass is 354 g/mol. The van der Waals surface area contributed by atoms with Crippen molar-refractivity contribution >= 4 is 21.7 Å². The summed E-state index contributed by atoms with van der Waals surface area (Å²) < 4.78 is 25.1. The lowest BCUT2D eigenvalue weighted by Crippen LogP contribution is -2.61. The average Bonchev–Trinajstić information content (AvgIpc) is 2.82. The van der Waals surface area contributed by atoms with Crippen molar-refractivity contribution in [1.29, 1.82) is 0 Å². The fourth-order valence-corrected chi connectivity index (χ4v) is 5.34. The Labute approximate surface area is 138 Å². The highest BCUT2D eigenvalue weighted by atomic mass is 32.2. The first-order chi connectivity index (χ1) is 11.2. The topological polar surface area (TPSA) is 110 Å². The fourth-order valence-electron chi connectivity index (χ4n) is 3.36. The second-order valence-electron chi connectivity index (χ2n) is 6.10. The van der Waals surface area contributed by atoms with Gasteiger partial charge in [0.2, 0.25) is 5.91 Å². The molecule has 0 bridgehead atoms. The second-order valence-corrected chi connectivity index (χ2v) is 8.26. The smallest absolute Gasteiger partial charge is 0.274 e. The third-order valence-electron chi connectivity index (χ3n) is 4.52. The molecule has 3 rings (SSSR count). The van der Waals surface area contributed by atoms with Gasteiger partial charge in [-0.2, -0.15) is 5.10 Å². The molecule has 1 aromatic rings. The highest BCUT2D eigenvalue weighted by Gasteiger charge is 2.49. The van der Waals surface area contributed by atoms with Crippen molar-refractivity contribution in [3.05, 3.63) is 28.2 Å². The Kier molecular flexibility index (Phi) is 3.94. The maximum absolute atomic E-state index is 12.7. The molecular formula is C14H18N4O5S. The van der Waals surface area contributed by atoms with Crippen molar-refractivity contribution in [3.63, 3.8) is 0 Å². The van der Waals surface area contributed by atoms with Crippen LogP contribution < -0.4 is 5.56 Å². The normalized spacial score (nSPS) is 25.4. The van der Waals surface area contributed by atoms with Crippen molar-refractivity contribution in [3.8, 4) is 0 Å². The number of sulfone groups is 1. The Hall–Kier alpha value is -2.23. The Morgan fingerprint density at radius 2 is 1.71 bits per heavy atom. The number of aryl methyl sites for hydroxylation is 1. The summed E-state index contributed by atoms with van der Waals surface area (Å²) >= 11 is 0. The summed E-state index contributed by atoms with van der Waals surface area (Å²) in [6.45, 7) is 1.91. The summed E-state index contributed by atoms with van der Waals surface area (Å²) in [4.78, 5) is 38.9. The van der Waals surface area contributed by atoms with E-state index in [1.54, 1.807) is 0 Å². The number of amides is 2. The number of nitrogens with zero attached hydrogens (tertiary/aromatic N) is 4. The number of fused-ring (bicyclic) bond motifs is 1. The summed E-state index contributed by atoms with van der Waals surface area (Å²) in [5.74, 6) is -0.934. The molecule has 130 valence electrons. The molecule has 0 unspecified atom stereocenters. The van der Waals surface area contributed by atoms with E-state index in [1.165, 1.54) is 35.9 Å². The van der Waals surface area contributed by atoms with E-state index in [0.29, 0.717) is 0 Å². The van der Waals surface area contributed by atoms with Gasteiger partial charge in [-0.25, -0.2) is 13.1 Å². The van der Waals surface area contributed by atoms with Crippen LogP contribution in [0.5, 0.6) is 0 Å². The predicted octanol–water partition coefficient (Wildman–Crippen LogP) is -1.75. The Morgan fingerprint density at radius 1 is 1.12 bits per heavy atom. The minimum Gasteiger partial charge on any atom is -0.335 e. The van der Waals surface area contributed by atoms with Gasteiger partial charge in [0.25, 0.3) is 11.5 Å². The van der Waals surface area contributed by atoms with Gasteiger partial charge in [-0.15, -0.1) is 0 Å². The van der Waals surface area contributed by atoms with Crippen LogP contribution in [0.2, 0.25) is 0 Å². The average molecular weight is 354 g/mol. The molecule has 2 saturated heterocycles. The van der Waals surface area contributed by atoms with Crippen LogP contribution in [-0.4, -0.2) is 76.5 Å². The second kappa shape index (κ2) is 5.69. The third-order valence-corrected chi connectivity index (χ3v) is 6.22. The molecule has 2 fully saturated rings. The number of aromatic nitrogens is 2. The van der Waals surface area contributed by atoms with Crippen LogP contribution >= 0.6 is 0 Å². The van der Waals surface area contributed by atoms with Gasteiger partial charge in [-0.3, -0.25) is 14.4 Å². The van der Waals surface area contributed by atoms with Crippen LogP contribution in [0.1, 0.15) is 17.4 Å². The van der Waals surface area contributed by atoms with Gasteiger partial charge in [0, 0.05) is 33.1 Å². The molecule has 0 aromatic carbocycles. The van der Waals surface area contributed by atoms with Gasteiger partial charge in [-0.05, 0) is 6.07 Å². The lowest BCUT2D eigenvalue weighted by atomic mass is 10.0. The Balaban J connectivity index is 1.93. The number of hydrogen-bond donors (Lipinski definition) is 0. The molecule has 10 heteroatoms. The molecule has 2 aliphatic rings. The molecule has 3 heterocycles. The summed E-state index contributed by atoms with van der Waals surface area (Å²) in [7, 11) is -1.88. The molecule has 2 amide bonds. The highest BCUT2D eigenvalue weighted by Crippen LogP contribution is 2.28. The standard InChI is InChI=1S/C14H18N4O5S/c1-9(19)17-5-6-18(12-8-24(22,23)7-11(12)17)14(21)10-3-4-13(20)16(2)15-10/h3-4,11-12H,5-8H2,1-2H3/t11-,12+/m1/s1. The van der Waals surface area contributed by atoms with E-state index >= 15 is 0 Å². The number of carbonyl (C=O) groups is 2. The number of carbonyl (C=O) groups excluding carboxylic acids is 2. The van der Waals surface area contributed by atoms with Crippen LogP contribution in [0.25, 0.3) is 0 Å². The van der Waals surface area contributed by atoms with Crippen LogP contribution in [0.15, 0.2) is 16.9 Å². The quantitative estimate of drug-likeness (QED) is 0.592. The molecule has 0 spiro atoms. The molecule has 2 atom stereocenters. The summed E-state index contributed by atoms with van der Waals surface area (Å²) in [5.41, 5.74) is -0.259. The molecule has 24 heavy (non-hydrogen) atoms. The van der Waals surface area contributed by atoms with E-state index in [0.717, 1.165) is 4.68 Å². The molecule has 0 aliphatic carbocycles. The third kappa shape index (κ3) is 2.81. The molecule has 2 aliphatic heterocycles. The van der Waals surface area contributed by atoms with Gasteiger partial charge < -0.3 is 9.80 Å². The Bertz CT molecular complexity index is 862. The summed E-state index contributed by atoms with van der Waals surface area (Å²) in [6, 6.07) is 1.46. The van der Waals surface area contributed by atoms with Crippen LogP contribution in [0.3, 0.4) is 0 Å². The van der Waals surface area contributed by atoms with E-state index in [2.05, 4.69) is 5.10 Å². The zero-order chi connectivity index (χ0) is 17.6. The zero-order valence-corrected chi connectivity index (χ0v) is 14.2. The first kappa shape index (κ1) is 16.6. The first-order valence-corrected chi connectivity index (χ1v) is 9.35. The van der Waals surface area contributed by atoms with Gasteiger partial charge in [-0.1, -0.05) is 0 Å². The fraction of sp³-hybridized carbons (Fsp3) is 0.571. The van der Waals surface area contributed by atoms with Crippen molar-refractivity contribution < 1.29 is 18.0 Å². The van der Waals surface area contributed by atoms with Gasteiger partial charge in [0.15, 0.2) is 9.84 Å². The Morgan fingerprint density at radius 3 is 2.29 bits per heavy atom. The molecule has 0 saturated carbocycles. The predicted molar refractivity (Wildman–Crippen MR) is 84.1 cm³/mol. The molecule has 0 radical (unpaired) electrons. The van der Waals surface area contributed by atoms with Gasteiger partial charge in [0.1, 0.15) is 5.69 Å². The molecule has 9 nitrogen and oxygen atoms in total. The molecule has 1 aromatic heterocycles. The first-order valence-electron chi connectivity index (χ1n) is 7.52. The van der Waals surface area contributed by atoms with Crippen molar-refractivity contribution in [2.24, 2.45) is 7.05 Å². The van der Waals surface area contributed by atoms with E-state index in [-0.39, 0.29) is 41.8 Å². The summed E-state index contributed by atoms with van der Waals surface area (Å²) in [6.07, 6.45) is 0. The van der Waals surface area contributed by atoms with E-state index in [1.807, 2.05) is 0 Å². The molecular weight excluding hydrogens is 336 g/mol. The van der Waals surface area contributed by atoms with Crippen molar-refractivity contribution in [1.82, 2.24) is 19.6 Å².